The second kappa shape index (κ2) is 12.9. The summed E-state index contributed by atoms with van der Waals surface area (Å²) in [5.74, 6) is 1.22. The third-order valence-corrected chi connectivity index (χ3v) is 7.16. The number of nitrogens with one attached hydrogen (secondary N) is 2. The average molecular weight is 574 g/mol. The summed E-state index contributed by atoms with van der Waals surface area (Å²) in [4.78, 5) is 12.7. The van der Waals surface area contributed by atoms with E-state index >= 15 is 0 Å². The molecule has 0 heterocycles. The van der Waals surface area contributed by atoms with Crippen LogP contribution in [0.15, 0.2) is 23.8 Å². The maximum Gasteiger partial charge on any atom is 0.247 e. The summed E-state index contributed by atoms with van der Waals surface area (Å²) in [5, 5.41) is 35.9. The van der Waals surface area contributed by atoms with E-state index in [1.54, 1.807) is 18.2 Å². The highest BCUT2D eigenvalue weighted by atomic mass is 127. The first kappa shape index (κ1) is 26.2. The van der Waals surface area contributed by atoms with Crippen molar-refractivity contribution in [2.24, 2.45) is 5.92 Å². The molecule has 1 saturated carbocycles. The molecule has 1 fully saturated rings. The van der Waals surface area contributed by atoms with E-state index in [0.29, 0.717) is 35.0 Å². The minimum absolute atomic E-state index is 0.124. The molecule has 0 radical (unpaired) electrons. The molecule has 0 saturated heterocycles. The molecule has 3 unspecified atom stereocenters. The van der Waals surface area contributed by atoms with Gasteiger partial charge in [0.25, 0.3) is 0 Å². The molecule has 1 aromatic carbocycles. The molecular weight excluding hydrogens is 539 g/mol. The van der Waals surface area contributed by atoms with Gasteiger partial charge >= 0.3 is 0 Å². The minimum Gasteiger partial charge on any atom is -0.493 e. The number of carbonyl (C=O) groups is 1. The van der Waals surface area contributed by atoms with Crippen molar-refractivity contribution in [3.63, 3.8) is 0 Å². The largest absolute Gasteiger partial charge is 0.493 e. The van der Waals surface area contributed by atoms with Gasteiger partial charge in [0, 0.05) is 18.2 Å². The Balaban J connectivity index is 1.81. The van der Waals surface area contributed by atoms with Crippen LogP contribution in [0.3, 0.4) is 0 Å². The summed E-state index contributed by atoms with van der Waals surface area (Å²) >= 11 is 2.11. The Hall–Kier alpha value is -1.40. The number of hydrogen-bond donors (Lipinski definition) is 5. The van der Waals surface area contributed by atoms with Crippen molar-refractivity contribution in [1.29, 1.82) is 0 Å². The topological polar surface area (TPSA) is 120 Å². The van der Waals surface area contributed by atoms with Gasteiger partial charge in [-0.2, -0.15) is 0 Å². The number of aliphatic hydroxyl groups excluding tert-OH is 3. The van der Waals surface area contributed by atoms with Crippen molar-refractivity contribution in [3.05, 3.63) is 32.9 Å². The zero-order valence-corrected chi connectivity index (χ0v) is 21.2. The van der Waals surface area contributed by atoms with Crippen LogP contribution in [0.4, 0.5) is 0 Å². The Kier molecular flexibility index (Phi) is 10.2. The second-order valence-corrected chi connectivity index (χ2v) is 9.90. The van der Waals surface area contributed by atoms with Crippen LogP contribution in [0.2, 0.25) is 0 Å². The lowest BCUT2D eigenvalue weighted by atomic mass is 9.86. The Morgan fingerprint density at radius 1 is 1.21 bits per heavy atom. The van der Waals surface area contributed by atoms with Gasteiger partial charge in [-0.05, 0) is 78.1 Å². The summed E-state index contributed by atoms with van der Waals surface area (Å²) in [6.45, 7) is 0.698. The molecule has 1 aromatic rings. The van der Waals surface area contributed by atoms with Crippen LogP contribution in [-0.2, 0) is 11.4 Å². The third-order valence-electron chi connectivity index (χ3n) is 6.36. The third kappa shape index (κ3) is 7.05. The molecule has 8 nitrogen and oxygen atoms in total. The smallest absolute Gasteiger partial charge is 0.247 e. The number of amides is 1. The first-order valence-corrected chi connectivity index (χ1v) is 12.7. The molecule has 33 heavy (non-hydrogen) atoms. The fourth-order valence-corrected chi connectivity index (χ4v) is 5.32. The summed E-state index contributed by atoms with van der Waals surface area (Å²) in [7, 11) is 1.52. The molecule has 0 aromatic heterocycles. The standard InChI is InChI=1S/C24H35IN2O6/c1-32-21-10-16(14-29)9-18(25)23(21)33-20-12-17(24(31)26-7-8-28)11-19(22(20)30)27-13-15-5-3-2-4-6-15/h9-10,12,15,19-20,22,27-30H,2-8,11,13-14H2,1H3,(H,26,31). The van der Waals surface area contributed by atoms with Gasteiger partial charge < -0.3 is 35.4 Å². The SMILES string of the molecule is COc1cc(CO)cc(I)c1OC1C=C(C(=O)NCCO)CC(NCC2CCCCC2)C1O. The predicted octanol–water partition coefficient (Wildman–Crippen LogP) is 1.88. The van der Waals surface area contributed by atoms with Crippen molar-refractivity contribution in [2.45, 2.75) is 63.4 Å². The number of hydrogen-bond acceptors (Lipinski definition) is 7. The number of halogens is 1. The van der Waals surface area contributed by atoms with E-state index in [2.05, 4.69) is 33.2 Å². The molecule has 2 aliphatic rings. The molecule has 0 aliphatic heterocycles. The van der Waals surface area contributed by atoms with Crippen LogP contribution >= 0.6 is 22.6 Å². The number of methoxy groups -OCH3 is 1. The molecule has 0 bridgehead atoms. The molecule has 1 amide bonds. The zero-order chi connectivity index (χ0) is 23.8. The van der Waals surface area contributed by atoms with E-state index in [0.717, 1.165) is 10.1 Å². The summed E-state index contributed by atoms with van der Waals surface area (Å²) in [5.41, 5.74) is 1.21. The van der Waals surface area contributed by atoms with Crippen molar-refractivity contribution >= 4 is 28.5 Å². The highest BCUT2D eigenvalue weighted by molar-refractivity contribution is 14.1. The van der Waals surface area contributed by atoms with Crippen molar-refractivity contribution in [2.75, 3.05) is 26.8 Å². The van der Waals surface area contributed by atoms with Crippen LogP contribution in [0, 0.1) is 9.49 Å². The average Bonchev–Trinajstić information content (AvgIpc) is 2.84. The number of rotatable bonds is 10. The fraction of sp³-hybridized carbons (Fsp3) is 0.625. The van der Waals surface area contributed by atoms with Gasteiger partial charge in [-0.15, -0.1) is 0 Å². The molecule has 5 N–H and O–H groups in total. The van der Waals surface area contributed by atoms with E-state index in [-0.39, 0.29) is 31.7 Å². The molecule has 3 rings (SSSR count). The van der Waals surface area contributed by atoms with Gasteiger partial charge in [0.15, 0.2) is 11.5 Å². The molecule has 184 valence electrons. The van der Waals surface area contributed by atoms with Gasteiger partial charge in [-0.3, -0.25) is 4.79 Å². The van der Waals surface area contributed by atoms with E-state index in [1.807, 2.05) is 0 Å². The Morgan fingerprint density at radius 3 is 2.64 bits per heavy atom. The molecule has 2 aliphatic carbocycles. The normalized spacial score (nSPS) is 23.7. The summed E-state index contributed by atoms with van der Waals surface area (Å²) in [6, 6.07) is 3.16. The lowest BCUT2D eigenvalue weighted by molar-refractivity contribution is -0.118. The summed E-state index contributed by atoms with van der Waals surface area (Å²) in [6.07, 6.45) is 6.54. The Labute approximate surface area is 208 Å². The number of ether oxygens (including phenoxy) is 2. The fourth-order valence-electron chi connectivity index (χ4n) is 4.52. The van der Waals surface area contributed by atoms with Crippen molar-refractivity contribution < 1.29 is 29.6 Å². The van der Waals surface area contributed by atoms with E-state index in [4.69, 9.17) is 14.6 Å². The second-order valence-electron chi connectivity index (χ2n) is 8.73. The lowest BCUT2D eigenvalue weighted by Crippen LogP contribution is -2.52. The number of aliphatic hydroxyl groups is 3. The minimum atomic E-state index is -0.860. The Morgan fingerprint density at radius 2 is 1.97 bits per heavy atom. The molecule has 9 heteroatoms. The highest BCUT2D eigenvalue weighted by Gasteiger charge is 2.36. The highest BCUT2D eigenvalue weighted by Crippen LogP contribution is 2.36. The molecular formula is C24H35IN2O6. The van der Waals surface area contributed by atoms with Gasteiger partial charge in [0.2, 0.25) is 5.91 Å². The number of benzene rings is 1. The van der Waals surface area contributed by atoms with Crippen LogP contribution in [-0.4, -0.2) is 66.3 Å². The first-order valence-electron chi connectivity index (χ1n) is 11.6. The number of carbonyl (C=O) groups excluding carboxylic acids is 1. The predicted molar refractivity (Wildman–Crippen MR) is 133 cm³/mol. The van der Waals surface area contributed by atoms with Gasteiger partial charge in [-0.1, -0.05) is 19.3 Å². The first-order chi connectivity index (χ1) is 16.0. The molecule has 0 spiro atoms. The van der Waals surface area contributed by atoms with Crippen LogP contribution in [0.1, 0.15) is 44.1 Å². The van der Waals surface area contributed by atoms with Crippen LogP contribution < -0.4 is 20.1 Å². The van der Waals surface area contributed by atoms with Gasteiger partial charge in [0.05, 0.1) is 23.9 Å². The zero-order valence-electron chi connectivity index (χ0n) is 19.1. The van der Waals surface area contributed by atoms with Crippen molar-refractivity contribution in [1.82, 2.24) is 10.6 Å². The quantitative estimate of drug-likeness (QED) is 0.271. The van der Waals surface area contributed by atoms with Crippen molar-refractivity contribution in [3.8, 4) is 11.5 Å². The Bertz CT molecular complexity index is 827. The van der Waals surface area contributed by atoms with Crippen LogP contribution in [0.5, 0.6) is 11.5 Å². The maximum absolute atomic E-state index is 12.7. The van der Waals surface area contributed by atoms with Gasteiger partial charge in [-0.25, -0.2) is 0 Å². The summed E-state index contributed by atoms with van der Waals surface area (Å²) < 4.78 is 12.4. The van der Waals surface area contributed by atoms with E-state index in [1.165, 1.54) is 39.2 Å². The lowest BCUT2D eigenvalue weighted by Gasteiger charge is -2.36. The molecule has 3 atom stereocenters. The van der Waals surface area contributed by atoms with E-state index < -0.39 is 12.2 Å². The van der Waals surface area contributed by atoms with Crippen LogP contribution in [0.25, 0.3) is 0 Å². The van der Waals surface area contributed by atoms with E-state index in [9.17, 15) is 15.0 Å². The van der Waals surface area contributed by atoms with Gasteiger partial charge in [0.1, 0.15) is 12.2 Å². The monoisotopic (exact) mass is 574 g/mol. The maximum atomic E-state index is 12.7.